The lowest BCUT2D eigenvalue weighted by atomic mass is 10.00. The predicted molar refractivity (Wildman–Crippen MR) is 89.1 cm³/mol. The summed E-state index contributed by atoms with van der Waals surface area (Å²) in [4.78, 5) is 11.7. The van der Waals surface area contributed by atoms with E-state index < -0.39 is 0 Å². The van der Waals surface area contributed by atoms with Gasteiger partial charge in [-0.1, -0.05) is 54.6 Å². The summed E-state index contributed by atoms with van der Waals surface area (Å²) >= 11 is 11.5. The maximum absolute atomic E-state index is 5.77. The molecule has 2 aromatic carbocycles. The van der Waals surface area contributed by atoms with Gasteiger partial charge in [0.25, 0.3) is 0 Å². The Morgan fingerprint density at radius 1 is 0.773 bits per heavy atom. The molecular formula is C16H12Cl2N4. The molecule has 3 rings (SSSR count). The Hall–Kier alpha value is -2.17. The number of hydrogen-bond acceptors (Lipinski definition) is 4. The average Bonchev–Trinajstić information content (AvgIpc) is 2.53. The molecule has 1 aromatic heterocycles. The van der Waals surface area contributed by atoms with Gasteiger partial charge in [0.1, 0.15) is 0 Å². The minimum absolute atomic E-state index is 0.0684. The van der Waals surface area contributed by atoms with Crippen LogP contribution in [0.1, 0.15) is 5.56 Å². The molecule has 110 valence electrons. The quantitative estimate of drug-likeness (QED) is 0.767. The number of anilines is 1. The number of aromatic nitrogens is 3. The molecule has 0 aliphatic heterocycles. The molecule has 0 unspecified atom stereocenters. The number of benzene rings is 2. The van der Waals surface area contributed by atoms with Gasteiger partial charge in [0.2, 0.25) is 16.5 Å². The normalized spacial score (nSPS) is 10.5. The standard InChI is InChI=1S/C16H12Cl2N4/c17-14-20-15(18)22-16(21-14)19-10-12-8-4-5-9-13(12)11-6-2-1-3-7-11/h1-9H,10H2,(H,19,20,21,22). The summed E-state index contributed by atoms with van der Waals surface area (Å²) in [7, 11) is 0. The van der Waals surface area contributed by atoms with E-state index in [2.05, 4.69) is 44.5 Å². The molecule has 1 heterocycles. The summed E-state index contributed by atoms with van der Waals surface area (Å²) in [5.74, 6) is 0.355. The molecule has 0 spiro atoms. The van der Waals surface area contributed by atoms with E-state index in [0.717, 1.165) is 16.7 Å². The van der Waals surface area contributed by atoms with Crippen LogP contribution in [0.15, 0.2) is 54.6 Å². The van der Waals surface area contributed by atoms with E-state index in [9.17, 15) is 0 Å². The van der Waals surface area contributed by atoms with Gasteiger partial charge in [-0.05, 0) is 39.9 Å². The summed E-state index contributed by atoms with van der Waals surface area (Å²) in [6.45, 7) is 0.557. The number of halogens is 2. The van der Waals surface area contributed by atoms with Gasteiger partial charge in [-0.2, -0.15) is 15.0 Å². The van der Waals surface area contributed by atoms with Crippen molar-refractivity contribution in [2.75, 3.05) is 5.32 Å². The van der Waals surface area contributed by atoms with Crippen LogP contribution in [0.25, 0.3) is 11.1 Å². The van der Waals surface area contributed by atoms with E-state index in [4.69, 9.17) is 23.2 Å². The van der Waals surface area contributed by atoms with Gasteiger partial charge in [-0.15, -0.1) is 0 Å². The Morgan fingerprint density at radius 2 is 1.41 bits per heavy atom. The molecule has 0 saturated heterocycles. The molecule has 4 nitrogen and oxygen atoms in total. The second kappa shape index (κ2) is 6.73. The predicted octanol–water partition coefficient (Wildman–Crippen LogP) is 4.46. The summed E-state index contributed by atoms with van der Waals surface area (Å²) in [6, 6.07) is 18.3. The van der Waals surface area contributed by atoms with Gasteiger partial charge in [0.05, 0.1) is 0 Å². The lowest BCUT2D eigenvalue weighted by molar-refractivity contribution is 1.00. The highest BCUT2D eigenvalue weighted by Crippen LogP contribution is 2.24. The van der Waals surface area contributed by atoms with Crippen LogP contribution in [-0.4, -0.2) is 15.0 Å². The van der Waals surface area contributed by atoms with Crippen LogP contribution in [0.2, 0.25) is 10.6 Å². The van der Waals surface area contributed by atoms with Crippen LogP contribution in [0.4, 0.5) is 5.95 Å². The maximum Gasteiger partial charge on any atom is 0.228 e. The largest absolute Gasteiger partial charge is 0.350 e. The first kappa shape index (κ1) is 14.8. The van der Waals surface area contributed by atoms with Crippen LogP contribution >= 0.6 is 23.2 Å². The van der Waals surface area contributed by atoms with Crippen molar-refractivity contribution in [3.63, 3.8) is 0 Å². The highest BCUT2D eigenvalue weighted by Gasteiger charge is 2.06. The first-order valence-electron chi connectivity index (χ1n) is 6.66. The fourth-order valence-electron chi connectivity index (χ4n) is 2.15. The Labute approximate surface area is 138 Å². The van der Waals surface area contributed by atoms with Crippen molar-refractivity contribution in [3.8, 4) is 11.1 Å². The van der Waals surface area contributed by atoms with Crippen molar-refractivity contribution in [2.45, 2.75) is 6.54 Å². The molecule has 0 saturated carbocycles. The smallest absolute Gasteiger partial charge is 0.228 e. The van der Waals surface area contributed by atoms with Gasteiger partial charge in [0, 0.05) is 6.54 Å². The van der Waals surface area contributed by atoms with E-state index in [-0.39, 0.29) is 10.6 Å². The zero-order chi connectivity index (χ0) is 15.4. The fraction of sp³-hybridized carbons (Fsp3) is 0.0625. The second-order valence-corrected chi connectivity index (χ2v) is 5.25. The summed E-state index contributed by atoms with van der Waals surface area (Å²) in [5, 5.41) is 3.26. The molecule has 0 radical (unpaired) electrons. The average molecular weight is 331 g/mol. The summed E-state index contributed by atoms with van der Waals surface area (Å²) in [6.07, 6.45) is 0. The first-order valence-corrected chi connectivity index (χ1v) is 7.42. The minimum Gasteiger partial charge on any atom is -0.350 e. The molecule has 0 bridgehead atoms. The van der Waals surface area contributed by atoms with E-state index in [1.165, 1.54) is 0 Å². The molecule has 0 aliphatic carbocycles. The van der Waals surface area contributed by atoms with Gasteiger partial charge in [-0.3, -0.25) is 0 Å². The number of nitrogens with one attached hydrogen (secondary N) is 1. The zero-order valence-electron chi connectivity index (χ0n) is 11.5. The zero-order valence-corrected chi connectivity index (χ0v) is 13.0. The highest BCUT2D eigenvalue weighted by molar-refractivity contribution is 6.31. The molecule has 0 aliphatic rings. The topological polar surface area (TPSA) is 50.7 Å². The van der Waals surface area contributed by atoms with Crippen LogP contribution in [0.3, 0.4) is 0 Å². The lowest BCUT2D eigenvalue weighted by Crippen LogP contribution is -2.06. The minimum atomic E-state index is 0.0684. The van der Waals surface area contributed by atoms with Crippen LogP contribution in [-0.2, 0) is 6.54 Å². The molecule has 22 heavy (non-hydrogen) atoms. The molecular weight excluding hydrogens is 319 g/mol. The third kappa shape index (κ3) is 3.53. The fourth-order valence-corrected chi connectivity index (χ4v) is 2.52. The third-order valence-corrected chi connectivity index (χ3v) is 3.46. The van der Waals surface area contributed by atoms with Gasteiger partial charge < -0.3 is 5.32 Å². The van der Waals surface area contributed by atoms with Crippen molar-refractivity contribution >= 4 is 29.2 Å². The summed E-state index contributed by atoms with van der Waals surface area (Å²) < 4.78 is 0. The monoisotopic (exact) mass is 330 g/mol. The molecule has 1 N–H and O–H groups in total. The van der Waals surface area contributed by atoms with E-state index in [0.29, 0.717) is 12.5 Å². The maximum atomic E-state index is 5.77. The van der Waals surface area contributed by atoms with E-state index >= 15 is 0 Å². The highest BCUT2D eigenvalue weighted by atomic mass is 35.5. The Morgan fingerprint density at radius 3 is 2.14 bits per heavy atom. The van der Waals surface area contributed by atoms with Crippen molar-refractivity contribution in [1.29, 1.82) is 0 Å². The van der Waals surface area contributed by atoms with Crippen molar-refractivity contribution in [3.05, 3.63) is 70.7 Å². The molecule has 0 fully saturated rings. The van der Waals surface area contributed by atoms with Crippen LogP contribution in [0, 0.1) is 0 Å². The number of rotatable bonds is 4. The Bertz CT molecular complexity index is 758. The number of nitrogens with zero attached hydrogens (tertiary/aromatic N) is 3. The summed E-state index contributed by atoms with van der Waals surface area (Å²) in [5.41, 5.74) is 3.44. The molecule has 3 aromatic rings. The first-order chi connectivity index (χ1) is 10.7. The molecule has 0 amide bonds. The molecule has 0 atom stereocenters. The van der Waals surface area contributed by atoms with Crippen molar-refractivity contribution in [2.24, 2.45) is 0 Å². The van der Waals surface area contributed by atoms with Gasteiger partial charge in [-0.25, -0.2) is 0 Å². The number of hydrogen-bond donors (Lipinski definition) is 1. The van der Waals surface area contributed by atoms with Crippen LogP contribution < -0.4 is 5.32 Å². The van der Waals surface area contributed by atoms with Crippen molar-refractivity contribution < 1.29 is 0 Å². The Balaban J connectivity index is 1.84. The molecule has 6 heteroatoms. The van der Waals surface area contributed by atoms with E-state index in [1.54, 1.807) is 0 Å². The second-order valence-electron chi connectivity index (χ2n) is 4.57. The third-order valence-electron chi connectivity index (χ3n) is 3.12. The Kier molecular flexibility index (Phi) is 4.51. The van der Waals surface area contributed by atoms with Crippen molar-refractivity contribution in [1.82, 2.24) is 15.0 Å². The lowest BCUT2D eigenvalue weighted by Gasteiger charge is -2.11. The van der Waals surface area contributed by atoms with Gasteiger partial charge in [0.15, 0.2) is 0 Å². The SMILES string of the molecule is Clc1nc(Cl)nc(NCc2ccccc2-c2ccccc2)n1. The van der Waals surface area contributed by atoms with E-state index in [1.807, 2.05) is 30.3 Å². The van der Waals surface area contributed by atoms with Gasteiger partial charge >= 0.3 is 0 Å². The van der Waals surface area contributed by atoms with Crippen LogP contribution in [0.5, 0.6) is 0 Å².